The number of hydrogen-bond donors (Lipinski definition) is 2. The minimum absolute atomic E-state index is 0.468. The molecule has 5 nitrogen and oxygen atoms in total. The van der Waals surface area contributed by atoms with Crippen LogP contribution in [0.25, 0.3) is 0 Å². The van der Waals surface area contributed by atoms with Gasteiger partial charge in [-0.05, 0) is 13.0 Å². The number of nitrogens with zero attached hydrogens (tertiary/aromatic N) is 3. The van der Waals surface area contributed by atoms with Crippen molar-refractivity contribution in [2.75, 3.05) is 13.8 Å². The molecule has 0 unspecified atom stereocenters. The van der Waals surface area contributed by atoms with E-state index >= 15 is 0 Å². The zero-order chi connectivity index (χ0) is 10.1. The SMILES string of the molecule is COCN1C=C2N=C(C)C=C(S)N2N1. The molecule has 2 heterocycles. The lowest BCUT2D eigenvalue weighted by Gasteiger charge is -2.24. The van der Waals surface area contributed by atoms with Crippen molar-refractivity contribution in [1.29, 1.82) is 0 Å². The Kier molecular flexibility index (Phi) is 2.49. The molecule has 0 aliphatic carbocycles. The maximum atomic E-state index is 4.99. The molecule has 0 aromatic carbocycles. The van der Waals surface area contributed by atoms with E-state index in [4.69, 9.17) is 4.74 Å². The van der Waals surface area contributed by atoms with Crippen LogP contribution in [-0.2, 0) is 4.74 Å². The van der Waals surface area contributed by atoms with Crippen LogP contribution in [0.1, 0.15) is 6.92 Å². The van der Waals surface area contributed by atoms with Crippen molar-refractivity contribution < 1.29 is 4.74 Å². The minimum Gasteiger partial charge on any atom is -0.363 e. The zero-order valence-corrected chi connectivity index (χ0v) is 8.95. The molecule has 0 aromatic heterocycles. The minimum atomic E-state index is 0.468. The Morgan fingerprint density at radius 1 is 1.64 bits per heavy atom. The highest BCUT2D eigenvalue weighted by atomic mass is 32.1. The van der Waals surface area contributed by atoms with Gasteiger partial charge >= 0.3 is 0 Å². The highest BCUT2D eigenvalue weighted by Crippen LogP contribution is 2.24. The highest BCUT2D eigenvalue weighted by molar-refractivity contribution is 7.84. The molecular weight excluding hydrogens is 200 g/mol. The molecule has 2 aliphatic rings. The van der Waals surface area contributed by atoms with Crippen LogP contribution in [0.5, 0.6) is 0 Å². The molecule has 76 valence electrons. The molecular formula is C8H12N4OS. The van der Waals surface area contributed by atoms with Gasteiger partial charge in [-0.2, -0.15) is 0 Å². The average Bonchev–Trinajstić information content (AvgIpc) is 2.48. The molecule has 0 radical (unpaired) electrons. The van der Waals surface area contributed by atoms with Gasteiger partial charge in [-0.15, -0.1) is 18.2 Å². The Morgan fingerprint density at radius 2 is 2.43 bits per heavy atom. The summed E-state index contributed by atoms with van der Waals surface area (Å²) in [6.07, 6.45) is 3.76. The second kappa shape index (κ2) is 3.64. The first-order valence-electron chi connectivity index (χ1n) is 4.20. The maximum absolute atomic E-state index is 4.99. The van der Waals surface area contributed by atoms with Crippen LogP contribution in [0.2, 0.25) is 0 Å². The molecule has 2 rings (SSSR count). The van der Waals surface area contributed by atoms with E-state index in [1.807, 2.05) is 19.2 Å². The topological polar surface area (TPSA) is 40.1 Å². The molecule has 0 fully saturated rings. The summed E-state index contributed by atoms with van der Waals surface area (Å²) in [6, 6.07) is 0. The summed E-state index contributed by atoms with van der Waals surface area (Å²) in [5, 5.41) is 4.40. The Balaban J connectivity index is 2.19. The summed E-state index contributed by atoms with van der Waals surface area (Å²) in [7, 11) is 1.64. The first-order valence-corrected chi connectivity index (χ1v) is 4.65. The normalized spacial score (nSPS) is 20.4. The van der Waals surface area contributed by atoms with Crippen molar-refractivity contribution in [3.8, 4) is 0 Å². The number of thiol groups is 1. The Hall–Kier alpha value is -0.980. The lowest BCUT2D eigenvalue weighted by atomic mass is 10.3. The van der Waals surface area contributed by atoms with E-state index in [9.17, 15) is 0 Å². The van der Waals surface area contributed by atoms with Gasteiger partial charge in [-0.25, -0.2) is 10.0 Å². The molecule has 0 amide bonds. The van der Waals surface area contributed by atoms with Gasteiger partial charge in [-0.1, -0.05) is 0 Å². The lowest BCUT2D eigenvalue weighted by molar-refractivity contribution is 0.0363. The number of aliphatic imine (C=N–C) groups is 1. The summed E-state index contributed by atoms with van der Waals surface area (Å²) < 4.78 is 4.99. The number of fused-ring (bicyclic) bond motifs is 1. The summed E-state index contributed by atoms with van der Waals surface area (Å²) in [6.45, 7) is 2.41. The third-order valence-electron chi connectivity index (χ3n) is 1.86. The predicted octanol–water partition coefficient (Wildman–Crippen LogP) is 0.672. The molecule has 1 N–H and O–H groups in total. The van der Waals surface area contributed by atoms with Crippen LogP contribution in [-0.4, -0.2) is 29.6 Å². The molecule has 0 atom stereocenters. The molecule has 0 aromatic rings. The average molecular weight is 212 g/mol. The second-order valence-electron chi connectivity index (χ2n) is 3.07. The second-order valence-corrected chi connectivity index (χ2v) is 3.52. The highest BCUT2D eigenvalue weighted by Gasteiger charge is 2.24. The molecule has 0 spiro atoms. The van der Waals surface area contributed by atoms with Crippen LogP contribution < -0.4 is 5.53 Å². The van der Waals surface area contributed by atoms with E-state index in [0.29, 0.717) is 6.73 Å². The number of allylic oxidation sites excluding steroid dienone is 1. The molecule has 2 aliphatic heterocycles. The standard InChI is InChI=1S/C8H12N4OS/c1-6-3-8(14)12-7(9-6)4-11(10-12)5-13-2/h3-4,10,14H,5H2,1-2H3. The van der Waals surface area contributed by atoms with E-state index in [1.165, 1.54) is 0 Å². The fourth-order valence-corrected chi connectivity index (χ4v) is 1.66. The van der Waals surface area contributed by atoms with Gasteiger partial charge in [0.15, 0.2) is 5.82 Å². The van der Waals surface area contributed by atoms with Gasteiger partial charge in [0, 0.05) is 12.8 Å². The van der Waals surface area contributed by atoms with Crippen molar-refractivity contribution in [2.45, 2.75) is 6.92 Å². The van der Waals surface area contributed by atoms with Crippen LogP contribution in [0, 0.1) is 0 Å². The quantitative estimate of drug-likeness (QED) is 0.660. The number of hydrazine groups is 2. The van der Waals surface area contributed by atoms with Gasteiger partial charge in [0.2, 0.25) is 0 Å². The van der Waals surface area contributed by atoms with Gasteiger partial charge < -0.3 is 4.74 Å². The van der Waals surface area contributed by atoms with E-state index in [2.05, 4.69) is 23.2 Å². The fourth-order valence-electron chi connectivity index (χ4n) is 1.32. The fraction of sp³-hybridized carbons (Fsp3) is 0.375. The lowest BCUT2D eigenvalue weighted by Crippen LogP contribution is -2.40. The third kappa shape index (κ3) is 1.63. The van der Waals surface area contributed by atoms with E-state index in [-0.39, 0.29) is 0 Å². The van der Waals surface area contributed by atoms with Crippen LogP contribution >= 0.6 is 12.6 Å². The number of methoxy groups -OCH3 is 1. The monoisotopic (exact) mass is 212 g/mol. The maximum Gasteiger partial charge on any atom is 0.167 e. The van der Waals surface area contributed by atoms with Gasteiger partial charge in [0.25, 0.3) is 0 Å². The first-order chi connectivity index (χ1) is 6.70. The van der Waals surface area contributed by atoms with Crippen molar-refractivity contribution in [2.24, 2.45) is 4.99 Å². The van der Waals surface area contributed by atoms with Crippen molar-refractivity contribution >= 4 is 18.3 Å². The molecule has 0 bridgehead atoms. The van der Waals surface area contributed by atoms with Gasteiger partial charge in [0.1, 0.15) is 6.73 Å². The van der Waals surface area contributed by atoms with Crippen LogP contribution in [0.3, 0.4) is 0 Å². The van der Waals surface area contributed by atoms with Crippen molar-refractivity contribution in [1.82, 2.24) is 15.6 Å². The largest absolute Gasteiger partial charge is 0.363 e. The number of nitrogens with one attached hydrogen (secondary N) is 1. The Morgan fingerprint density at radius 3 is 3.14 bits per heavy atom. The number of ether oxygens (including phenoxy) is 1. The van der Waals surface area contributed by atoms with Crippen molar-refractivity contribution in [3.05, 3.63) is 23.1 Å². The zero-order valence-electron chi connectivity index (χ0n) is 8.06. The van der Waals surface area contributed by atoms with Crippen LogP contribution in [0.4, 0.5) is 0 Å². The molecule has 0 saturated heterocycles. The Bertz CT molecular complexity index is 336. The summed E-state index contributed by atoms with van der Waals surface area (Å²) in [4.78, 5) is 4.35. The van der Waals surface area contributed by atoms with E-state index in [0.717, 1.165) is 16.6 Å². The number of hydrogen-bond acceptors (Lipinski definition) is 6. The van der Waals surface area contributed by atoms with E-state index in [1.54, 1.807) is 17.1 Å². The van der Waals surface area contributed by atoms with Crippen molar-refractivity contribution in [3.63, 3.8) is 0 Å². The first kappa shape index (κ1) is 9.57. The Labute approximate surface area is 88.1 Å². The number of rotatable bonds is 2. The summed E-state index contributed by atoms with van der Waals surface area (Å²) in [5.74, 6) is 0.826. The predicted molar refractivity (Wildman–Crippen MR) is 57.0 cm³/mol. The third-order valence-corrected chi connectivity index (χ3v) is 2.18. The van der Waals surface area contributed by atoms with Gasteiger partial charge in [0.05, 0.1) is 11.2 Å². The van der Waals surface area contributed by atoms with E-state index < -0.39 is 0 Å². The van der Waals surface area contributed by atoms with Crippen LogP contribution in [0.15, 0.2) is 28.1 Å². The summed E-state index contributed by atoms with van der Waals surface area (Å²) in [5.41, 5.74) is 4.00. The summed E-state index contributed by atoms with van der Waals surface area (Å²) >= 11 is 4.34. The molecule has 14 heavy (non-hydrogen) atoms. The smallest absolute Gasteiger partial charge is 0.167 e. The molecule has 6 heteroatoms. The van der Waals surface area contributed by atoms with Gasteiger partial charge in [-0.3, -0.25) is 5.01 Å². The molecule has 0 saturated carbocycles.